The number of hydrogen-bond acceptors (Lipinski definition) is 4. The summed E-state index contributed by atoms with van der Waals surface area (Å²) in [4.78, 5) is 0.217. The van der Waals surface area contributed by atoms with Crippen LogP contribution in [0.3, 0.4) is 0 Å². The zero-order valence-corrected chi connectivity index (χ0v) is 13.1. The van der Waals surface area contributed by atoms with Crippen molar-refractivity contribution in [2.45, 2.75) is 11.3 Å². The molecule has 0 heterocycles. The van der Waals surface area contributed by atoms with E-state index < -0.39 is 9.84 Å². The molecule has 4 nitrogen and oxygen atoms in total. The average Bonchev–Trinajstić information content (AvgIpc) is 2.42. The lowest BCUT2D eigenvalue weighted by atomic mass is 10.1. The summed E-state index contributed by atoms with van der Waals surface area (Å²) < 4.78 is 28.9. The smallest absolute Gasteiger partial charge is 0.175 e. The molecule has 0 unspecified atom stereocenters. The Morgan fingerprint density at radius 2 is 1.95 bits per heavy atom. The maximum atomic E-state index is 11.6. The normalized spacial score (nSPS) is 11.4. The lowest BCUT2D eigenvalue weighted by Crippen LogP contribution is -2.04. The largest absolute Gasteiger partial charge is 0.457 e. The molecule has 2 aromatic rings. The number of sulfone groups is 1. The summed E-state index contributed by atoms with van der Waals surface area (Å²) >= 11 is 5.96. The monoisotopic (exact) mass is 325 g/mol. The van der Waals surface area contributed by atoms with E-state index >= 15 is 0 Å². The predicted molar refractivity (Wildman–Crippen MR) is 83.8 cm³/mol. The number of rotatable bonds is 5. The van der Waals surface area contributed by atoms with E-state index in [0.29, 0.717) is 29.5 Å². The van der Waals surface area contributed by atoms with E-state index in [1.54, 1.807) is 30.3 Å². The van der Waals surface area contributed by atoms with E-state index in [1.807, 2.05) is 0 Å². The van der Waals surface area contributed by atoms with Gasteiger partial charge in [0.1, 0.15) is 11.5 Å². The molecule has 0 fully saturated rings. The van der Waals surface area contributed by atoms with E-state index in [1.165, 1.54) is 12.1 Å². The van der Waals surface area contributed by atoms with Gasteiger partial charge in [-0.3, -0.25) is 0 Å². The zero-order valence-electron chi connectivity index (χ0n) is 11.5. The van der Waals surface area contributed by atoms with Crippen molar-refractivity contribution >= 4 is 21.4 Å². The molecule has 0 atom stereocenters. The fourth-order valence-corrected chi connectivity index (χ4v) is 2.74. The molecule has 6 heteroatoms. The maximum absolute atomic E-state index is 11.6. The predicted octanol–water partition coefficient (Wildman–Crippen LogP) is 3.04. The summed E-state index contributed by atoms with van der Waals surface area (Å²) in [5.74, 6) is 1.08. The highest BCUT2D eigenvalue weighted by atomic mass is 35.5. The topological polar surface area (TPSA) is 69.4 Å². The van der Waals surface area contributed by atoms with Crippen LogP contribution in [0.15, 0.2) is 47.4 Å². The molecule has 0 saturated carbocycles. The zero-order chi connectivity index (χ0) is 15.5. The van der Waals surface area contributed by atoms with Crippen molar-refractivity contribution in [2.75, 3.05) is 12.8 Å². The quantitative estimate of drug-likeness (QED) is 0.917. The highest BCUT2D eigenvalue weighted by molar-refractivity contribution is 7.90. The van der Waals surface area contributed by atoms with Gasteiger partial charge in [-0.1, -0.05) is 17.7 Å². The molecule has 112 valence electrons. The van der Waals surface area contributed by atoms with E-state index in [4.69, 9.17) is 22.1 Å². The van der Waals surface area contributed by atoms with Gasteiger partial charge in [-0.05, 0) is 54.9 Å². The third kappa shape index (κ3) is 4.20. The molecule has 21 heavy (non-hydrogen) atoms. The Kier molecular flexibility index (Phi) is 4.88. The minimum atomic E-state index is -3.27. The minimum Gasteiger partial charge on any atom is -0.457 e. The highest BCUT2D eigenvalue weighted by Crippen LogP contribution is 2.29. The van der Waals surface area contributed by atoms with E-state index in [0.717, 1.165) is 11.8 Å². The summed E-state index contributed by atoms with van der Waals surface area (Å²) in [5.41, 5.74) is 6.46. The van der Waals surface area contributed by atoms with Crippen molar-refractivity contribution < 1.29 is 13.2 Å². The number of hydrogen-bond donors (Lipinski definition) is 1. The lowest BCUT2D eigenvalue weighted by molar-refractivity contribution is 0.474. The Labute approximate surface area is 129 Å². The Balaban J connectivity index is 2.34. The molecule has 0 aliphatic rings. The fraction of sp³-hybridized carbons (Fsp3) is 0.200. The Morgan fingerprint density at radius 1 is 1.19 bits per heavy atom. The second-order valence-corrected chi connectivity index (χ2v) is 7.09. The van der Waals surface area contributed by atoms with E-state index in [-0.39, 0.29) is 4.90 Å². The second-order valence-electron chi connectivity index (χ2n) is 4.64. The van der Waals surface area contributed by atoms with Crippen LogP contribution in [0, 0.1) is 0 Å². The first kappa shape index (κ1) is 15.8. The van der Waals surface area contributed by atoms with Gasteiger partial charge in [0.2, 0.25) is 0 Å². The molecule has 0 radical (unpaired) electrons. The summed E-state index contributed by atoms with van der Waals surface area (Å²) in [6.45, 7) is 0.472. The molecule has 0 aliphatic heterocycles. The SMILES string of the molecule is CS(=O)(=O)c1cccc(Oc2ccc(Cl)cc2CCN)c1. The molecule has 0 bridgehead atoms. The number of nitrogens with two attached hydrogens (primary N) is 1. The van der Waals surface area contributed by atoms with Gasteiger partial charge in [-0.25, -0.2) is 8.42 Å². The molecule has 0 amide bonds. The second kappa shape index (κ2) is 6.47. The Bertz CT molecular complexity index is 744. The van der Waals surface area contributed by atoms with Gasteiger partial charge in [0.25, 0.3) is 0 Å². The summed E-state index contributed by atoms with van der Waals surface area (Å²) in [6.07, 6.45) is 1.79. The number of ether oxygens (including phenoxy) is 1. The van der Waals surface area contributed by atoms with Crippen LogP contribution in [0.5, 0.6) is 11.5 Å². The number of benzene rings is 2. The summed E-state index contributed by atoms with van der Waals surface area (Å²) in [6, 6.07) is 11.6. The van der Waals surface area contributed by atoms with Gasteiger partial charge in [-0.2, -0.15) is 0 Å². The molecule has 2 rings (SSSR count). The van der Waals surface area contributed by atoms with Crippen LogP contribution in [-0.4, -0.2) is 21.2 Å². The first-order valence-corrected chi connectivity index (χ1v) is 8.63. The first-order chi connectivity index (χ1) is 9.90. The molecule has 0 spiro atoms. The summed E-state index contributed by atoms with van der Waals surface area (Å²) in [7, 11) is -3.27. The molecule has 2 aromatic carbocycles. The molecule has 0 aliphatic carbocycles. The molecule has 2 N–H and O–H groups in total. The van der Waals surface area contributed by atoms with Gasteiger partial charge in [0.15, 0.2) is 9.84 Å². The third-order valence-corrected chi connectivity index (χ3v) is 4.24. The summed E-state index contributed by atoms with van der Waals surface area (Å²) in [5, 5.41) is 0.607. The van der Waals surface area contributed by atoms with Gasteiger partial charge in [0.05, 0.1) is 4.90 Å². The fourth-order valence-electron chi connectivity index (χ4n) is 1.89. The van der Waals surface area contributed by atoms with Crippen LogP contribution in [0.2, 0.25) is 5.02 Å². The molecular weight excluding hydrogens is 310 g/mol. The Morgan fingerprint density at radius 3 is 2.62 bits per heavy atom. The van der Waals surface area contributed by atoms with Gasteiger partial charge < -0.3 is 10.5 Å². The van der Waals surface area contributed by atoms with Crippen LogP contribution < -0.4 is 10.5 Å². The minimum absolute atomic E-state index is 0.217. The van der Waals surface area contributed by atoms with Crippen molar-refractivity contribution in [3.63, 3.8) is 0 Å². The van der Waals surface area contributed by atoms with Crippen LogP contribution in [0.1, 0.15) is 5.56 Å². The van der Waals surface area contributed by atoms with E-state index in [9.17, 15) is 8.42 Å². The standard InChI is InChI=1S/C15H16ClNO3S/c1-21(18,19)14-4-2-3-13(10-14)20-15-6-5-12(16)9-11(15)7-8-17/h2-6,9-10H,7-8,17H2,1H3. The third-order valence-electron chi connectivity index (χ3n) is 2.90. The van der Waals surface area contributed by atoms with Crippen LogP contribution in [-0.2, 0) is 16.3 Å². The van der Waals surface area contributed by atoms with Crippen molar-refractivity contribution in [3.8, 4) is 11.5 Å². The van der Waals surface area contributed by atoms with Crippen molar-refractivity contribution in [2.24, 2.45) is 5.73 Å². The lowest BCUT2D eigenvalue weighted by Gasteiger charge is -2.12. The van der Waals surface area contributed by atoms with Crippen molar-refractivity contribution in [1.82, 2.24) is 0 Å². The first-order valence-electron chi connectivity index (χ1n) is 6.36. The average molecular weight is 326 g/mol. The van der Waals surface area contributed by atoms with Crippen LogP contribution in [0.4, 0.5) is 0 Å². The van der Waals surface area contributed by atoms with Gasteiger partial charge in [0, 0.05) is 11.3 Å². The molecule has 0 aromatic heterocycles. The number of halogens is 1. The van der Waals surface area contributed by atoms with Crippen LogP contribution in [0.25, 0.3) is 0 Å². The van der Waals surface area contributed by atoms with Crippen LogP contribution >= 0.6 is 11.6 Å². The maximum Gasteiger partial charge on any atom is 0.175 e. The molecular formula is C15H16ClNO3S. The Hall–Kier alpha value is -1.56. The highest BCUT2D eigenvalue weighted by Gasteiger charge is 2.10. The van der Waals surface area contributed by atoms with Gasteiger partial charge in [-0.15, -0.1) is 0 Å². The van der Waals surface area contributed by atoms with Crippen molar-refractivity contribution in [3.05, 3.63) is 53.1 Å². The van der Waals surface area contributed by atoms with Gasteiger partial charge >= 0.3 is 0 Å². The van der Waals surface area contributed by atoms with Crippen molar-refractivity contribution in [1.29, 1.82) is 0 Å². The molecule has 0 saturated heterocycles. The van der Waals surface area contributed by atoms with E-state index in [2.05, 4.69) is 0 Å².